The number of carbonyl (C=O) groups excluding carboxylic acids is 1. The molecule has 3 rings (SSSR count). The summed E-state index contributed by atoms with van der Waals surface area (Å²) in [5, 5.41) is -0.887. The van der Waals surface area contributed by atoms with Crippen LogP contribution in [0.2, 0.25) is 0 Å². The zero-order valence-electron chi connectivity index (χ0n) is 12.0. The fourth-order valence-corrected chi connectivity index (χ4v) is 3.80. The molecule has 0 N–H and O–H groups in total. The molecule has 5 nitrogen and oxygen atoms in total. The highest BCUT2D eigenvalue weighted by atomic mass is 32.2. The van der Waals surface area contributed by atoms with Crippen LogP contribution in [0.3, 0.4) is 0 Å². The molecule has 114 valence electrons. The largest absolute Gasteiger partial charge is 0.492 e. The number of amides is 1. The number of para-hydroxylation sites is 1. The van der Waals surface area contributed by atoms with Gasteiger partial charge in [-0.2, -0.15) is 0 Å². The number of sulfone groups is 1. The number of rotatable bonds is 4. The van der Waals surface area contributed by atoms with E-state index < -0.39 is 15.1 Å². The number of carbonyl (C=O) groups is 1. The van der Waals surface area contributed by atoms with E-state index in [1.165, 1.54) is 11.0 Å². The highest BCUT2D eigenvalue weighted by Gasteiger charge is 2.41. The minimum Gasteiger partial charge on any atom is -0.492 e. The summed E-state index contributed by atoms with van der Waals surface area (Å²) in [6, 6.07) is 13.9. The molecule has 0 fully saturated rings. The molecule has 0 aromatic heterocycles. The van der Waals surface area contributed by atoms with Crippen molar-refractivity contribution in [3.63, 3.8) is 0 Å². The zero-order chi connectivity index (χ0) is 15.7. The van der Waals surface area contributed by atoms with Gasteiger partial charge in [-0.25, -0.2) is 8.42 Å². The minimum absolute atomic E-state index is 0.0653. The molecule has 1 aliphatic rings. The van der Waals surface area contributed by atoms with Gasteiger partial charge in [0.1, 0.15) is 17.3 Å². The second-order valence-corrected chi connectivity index (χ2v) is 6.85. The Balaban J connectivity index is 1.75. The summed E-state index contributed by atoms with van der Waals surface area (Å²) in [5.41, 5.74) is 1.49. The Labute approximate surface area is 129 Å². The second-order valence-electron chi connectivity index (χ2n) is 5.05. The molecule has 6 heteroatoms. The third-order valence-electron chi connectivity index (χ3n) is 3.47. The van der Waals surface area contributed by atoms with Crippen molar-refractivity contribution >= 4 is 20.8 Å². The summed E-state index contributed by atoms with van der Waals surface area (Å²) in [6.45, 7) is 2.36. The van der Waals surface area contributed by atoms with Crippen LogP contribution < -0.4 is 9.64 Å². The van der Waals surface area contributed by atoms with E-state index in [9.17, 15) is 13.2 Å². The molecular weight excluding hydrogens is 302 g/mol. The highest BCUT2D eigenvalue weighted by Crippen LogP contribution is 2.34. The van der Waals surface area contributed by atoms with Crippen molar-refractivity contribution in [2.45, 2.75) is 11.8 Å². The van der Waals surface area contributed by atoms with E-state index in [4.69, 9.17) is 4.74 Å². The maximum atomic E-state index is 12.1. The normalized spacial score (nSPS) is 15.7. The molecule has 22 heavy (non-hydrogen) atoms. The predicted molar refractivity (Wildman–Crippen MR) is 83.0 cm³/mol. The van der Waals surface area contributed by atoms with E-state index in [0.717, 1.165) is 5.56 Å². The van der Waals surface area contributed by atoms with Gasteiger partial charge in [-0.05, 0) is 36.8 Å². The van der Waals surface area contributed by atoms with Gasteiger partial charge < -0.3 is 4.74 Å². The molecule has 0 atom stereocenters. The van der Waals surface area contributed by atoms with Gasteiger partial charge in [-0.1, -0.05) is 24.3 Å². The van der Waals surface area contributed by atoms with Gasteiger partial charge in [0.25, 0.3) is 9.84 Å². The summed E-state index contributed by atoms with van der Waals surface area (Å²) in [6.07, 6.45) is 0. The van der Waals surface area contributed by atoms with Crippen LogP contribution >= 0.6 is 0 Å². The van der Waals surface area contributed by atoms with Gasteiger partial charge in [-0.15, -0.1) is 0 Å². The van der Waals surface area contributed by atoms with E-state index in [1.807, 2.05) is 31.2 Å². The first-order valence-electron chi connectivity index (χ1n) is 6.85. The average molecular weight is 317 g/mol. The van der Waals surface area contributed by atoms with Crippen molar-refractivity contribution in [2.75, 3.05) is 18.1 Å². The Kier molecular flexibility index (Phi) is 3.62. The molecule has 2 aromatic carbocycles. The van der Waals surface area contributed by atoms with Crippen molar-refractivity contribution in [1.82, 2.24) is 0 Å². The van der Waals surface area contributed by atoms with Gasteiger partial charge in [0.2, 0.25) is 0 Å². The number of ether oxygens (including phenoxy) is 1. The van der Waals surface area contributed by atoms with E-state index in [-0.39, 0.29) is 18.0 Å². The van der Waals surface area contributed by atoms with Crippen molar-refractivity contribution in [2.24, 2.45) is 0 Å². The summed E-state index contributed by atoms with van der Waals surface area (Å²) in [5.74, 6) is 0.697. The Morgan fingerprint density at radius 1 is 1.09 bits per heavy atom. The van der Waals surface area contributed by atoms with Gasteiger partial charge in [-0.3, -0.25) is 9.69 Å². The molecule has 2 aromatic rings. The van der Waals surface area contributed by atoms with Crippen molar-refractivity contribution in [3.8, 4) is 5.75 Å². The van der Waals surface area contributed by atoms with E-state index in [2.05, 4.69) is 0 Å². The first-order valence-corrected chi connectivity index (χ1v) is 8.33. The van der Waals surface area contributed by atoms with Gasteiger partial charge in [0.15, 0.2) is 0 Å². The van der Waals surface area contributed by atoms with Gasteiger partial charge in [0, 0.05) is 0 Å². The van der Waals surface area contributed by atoms with Crippen LogP contribution in [0.4, 0.5) is 10.5 Å². The SMILES string of the molecule is Cc1cccc(OCCN2C(=O)S(=O)(=O)c3ccccc32)c1. The Morgan fingerprint density at radius 3 is 2.64 bits per heavy atom. The molecule has 1 amide bonds. The van der Waals surface area contributed by atoms with Crippen LogP contribution in [0.25, 0.3) is 0 Å². The van der Waals surface area contributed by atoms with Crippen LogP contribution in [-0.2, 0) is 9.84 Å². The quantitative estimate of drug-likeness (QED) is 0.870. The first-order chi connectivity index (χ1) is 10.5. The van der Waals surface area contributed by atoms with Crippen molar-refractivity contribution in [1.29, 1.82) is 0 Å². The smallest absolute Gasteiger partial charge is 0.348 e. The fourth-order valence-electron chi connectivity index (χ4n) is 2.42. The van der Waals surface area contributed by atoms with E-state index >= 15 is 0 Å². The Hall–Kier alpha value is -2.34. The first kappa shape index (κ1) is 14.6. The predicted octanol–water partition coefficient (Wildman–Crippen LogP) is 2.79. The lowest BCUT2D eigenvalue weighted by Crippen LogP contribution is -2.32. The molecule has 0 unspecified atom stereocenters. The average Bonchev–Trinajstić information content (AvgIpc) is 2.69. The summed E-state index contributed by atoms with van der Waals surface area (Å²) in [4.78, 5) is 13.4. The van der Waals surface area contributed by atoms with Crippen LogP contribution in [0.1, 0.15) is 5.56 Å². The fraction of sp³-hybridized carbons (Fsp3) is 0.188. The number of benzene rings is 2. The molecule has 0 spiro atoms. The Morgan fingerprint density at radius 2 is 1.86 bits per heavy atom. The number of hydrogen-bond acceptors (Lipinski definition) is 4. The maximum Gasteiger partial charge on any atom is 0.348 e. The monoisotopic (exact) mass is 317 g/mol. The lowest BCUT2D eigenvalue weighted by Gasteiger charge is -2.16. The number of fused-ring (bicyclic) bond motifs is 1. The zero-order valence-corrected chi connectivity index (χ0v) is 12.8. The van der Waals surface area contributed by atoms with E-state index in [0.29, 0.717) is 11.4 Å². The summed E-state index contributed by atoms with van der Waals surface area (Å²) >= 11 is 0. The molecule has 0 radical (unpaired) electrons. The third kappa shape index (κ3) is 2.46. The Bertz CT molecular complexity index is 830. The number of aryl methyl sites for hydroxylation is 1. The molecule has 1 aliphatic heterocycles. The molecule has 1 heterocycles. The van der Waals surface area contributed by atoms with Crippen LogP contribution in [0.5, 0.6) is 5.75 Å². The van der Waals surface area contributed by atoms with Crippen LogP contribution in [0.15, 0.2) is 53.4 Å². The van der Waals surface area contributed by atoms with Crippen LogP contribution in [-0.4, -0.2) is 26.8 Å². The molecular formula is C16H15NO4S. The number of nitrogens with zero attached hydrogens (tertiary/aromatic N) is 1. The van der Waals surface area contributed by atoms with E-state index in [1.54, 1.807) is 18.2 Å². The lowest BCUT2D eigenvalue weighted by molar-refractivity contribution is 0.260. The molecule has 0 bridgehead atoms. The molecule has 0 saturated carbocycles. The maximum absolute atomic E-state index is 12.1. The second kappa shape index (κ2) is 5.46. The lowest BCUT2D eigenvalue weighted by atomic mass is 10.2. The van der Waals surface area contributed by atoms with Crippen LogP contribution in [0, 0.1) is 6.92 Å². The highest BCUT2D eigenvalue weighted by molar-refractivity contribution is 8.07. The standard InChI is InChI=1S/C16H15NO4S/c1-12-5-4-6-13(11-12)21-10-9-17-14-7-2-3-8-15(14)22(19,20)16(17)18/h2-8,11H,9-10H2,1H3. The molecule has 0 aliphatic carbocycles. The number of hydrogen-bond donors (Lipinski definition) is 0. The van der Waals surface area contributed by atoms with Crippen molar-refractivity contribution in [3.05, 3.63) is 54.1 Å². The topological polar surface area (TPSA) is 63.7 Å². The number of anilines is 1. The third-order valence-corrected chi connectivity index (χ3v) is 5.07. The minimum atomic E-state index is -3.90. The van der Waals surface area contributed by atoms with Crippen molar-refractivity contribution < 1.29 is 17.9 Å². The summed E-state index contributed by atoms with van der Waals surface area (Å²) < 4.78 is 29.7. The molecule has 0 saturated heterocycles. The summed E-state index contributed by atoms with van der Waals surface area (Å²) in [7, 11) is -3.90. The van der Waals surface area contributed by atoms with Gasteiger partial charge in [0.05, 0.1) is 12.2 Å². The van der Waals surface area contributed by atoms with Gasteiger partial charge >= 0.3 is 5.24 Å².